The van der Waals surface area contributed by atoms with Crippen LogP contribution in [0, 0.1) is 12.8 Å². The van der Waals surface area contributed by atoms with Crippen LogP contribution < -0.4 is 5.73 Å². The van der Waals surface area contributed by atoms with Gasteiger partial charge in [-0.1, -0.05) is 49.2 Å². The number of allylic oxidation sites excluding steroid dienone is 3. The first kappa shape index (κ1) is 22.7. The number of benzene rings is 1. The highest BCUT2D eigenvalue weighted by molar-refractivity contribution is 7.80. The smallest absolute Gasteiger partial charge is 0.0413 e. The van der Waals surface area contributed by atoms with Crippen molar-refractivity contribution in [3.05, 3.63) is 65.3 Å². The minimum Gasteiger partial charge on any atom is -0.321 e. The molecule has 0 unspecified atom stereocenters. The van der Waals surface area contributed by atoms with Gasteiger partial charge in [0.05, 0.1) is 0 Å². The number of hydrogen-bond donors (Lipinski definition) is 2. The van der Waals surface area contributed by atoms with Gasteiger partial charge in [0.15, 0.2) is 0 Å². The molecular formula is C24H36N3PS. The van der Waals surface area contributed by atoms with E-state index in [4.69, 9.17) is 12.0 Å². The van der Waals surface area contributed by atoms with Crippen molar-refractivity contribution in [2.24, 2.45) is 11.7 Å². The fraction of sp³-hybridized carbons (Fsp3) is 0.458. The molecule has 1 aromatic carbocycles. The zero-order valence-corrected chi connectivity index (χ0v) is 19.9. The molecule has 2 heterocycles. The zero-order valence-electron chi connectivity index (χ0n) is 18.1. The van der Waals surface area contributed by atoms with Gasteiger partial charge in [-0.3, -0.25) is 9.34 Å². The maximum Gasteiger partial charge on any atom is 0.0413 e. The average Bonchev–Trinajstić information content (AvgIpc) is 3.56. The summed E-state index contributed by atoms with van der Waals surface area (Å²) in [4.78, 5) is 1.03. The fourth-order valence-corrected chi connectivity index (χ4v) is 7.63. The topological polar surface area (TPSA) is 32.0 Å². The van der Waals surface area contributed by atoms with Crippen LogP contribution in [0.1, 0.15) is 25.0 Å². The predicted molar refractivity (Wildman–Crippen MR) is 133 cm³/mol. The molecule has 0 amide bonds. The van der Waals surface area contributed by atoms with E-state index in [-0.39, 0.29) is 6.04 Å². The van der Waals surface area contributed by atoms with Crippen molar-refractivity contribution in [1.82, 2.24) is 9.34 Å². The summed E-state index contributed by atoms with van der Waals surface area (Å²) in [5, 5.41) is 0. The van der Waals surface area contributed by atoms with Gasteiger partial charge >= 0.3 is 0 Å². The van der Waals surface area contributed by atoms with Crippen LogP contribution in [0.25, 0.3) is 0 Å². The molecule has 3 nitrogen and oxygen atoms in total. The second-order valence-electron chi connectivity index (χ2n) is 8.61. The van der Waals surface area contributed by atoms with Gasteiger partial charge in [-0.2, -0.15) is 0 Å². The Balaban J connectivity index is 1.78. The van der Waals surface area contributed by atoms with Gasteiger partial charge in [0, 0.05) is 44.3 Å². The van der Waals surface area contributed by atoms with Crippen molar-refractivity contribution < 1.29 is 0 Å². The molecule has 0 radical (unpaired) electrons. The number of nitrogens with zero attached hydrogens (tertiary/aromatic N) is 2. The largest absolute Gasteiger partial charge is 0.321 e. The van der Waals surface area contributed by atoms with Crippen molar-refractivity contribution in [2.45, 2.75) is 38.1 Å². The minimum atomic E-state index is -1.35. The quantitative estimate of drug-likeness (QED) is 0.185. The van der Waals surface area contributed by atoms with Crippen molar-refractivity contribution in [3.8, 4) is 0 Å². The standard InChI is InChI=1S/C24H36N3PS/c1-6-23(25)15-22(14-21-8-7-18(2)24(29)16-21)13-19(3)20(4)17-28(5,26-9-10-26)27-11-12-27/h6-8,13,15-16,20,23,29H,1,5,9-12,14,17,25H2,2-4H3/b19-13+,22-15-/t20-,23+/m0/s1. The van der Waals surface area contributed by atoms with Gasteiger partial charge in [0.25, 0.3) is 0 Å². The summed E-state index contributed by atoms with van der Waals surface area (Å²) in [6.45, 7) is 15.4. The third-order valence-corrected chi connectivity index (χ3v) is 10.5. The molecule has 5 heteroatoms. The fourth-order valence-electron chi connectivity index (χ4n) is 3.74. The van der Waals surface area contributed by atoms with Crippen LogP contribution in [0.4, 0.5) is 0 Å². The normalized spacial score (nSPS) is 20.4. The monoisotopic (exact) mass is 429 g/mol. The first-order valence-electron chi connectivity index (χ1n) is 10.5. The third kappa shape index (κ3) is 5.99. The van der Waals surface area contributed by atoms with E-state index in [1.54, 1.807) is 6.08 Å². The Bertz CT molecular complexity index is 849. The Kier molecular flexibility index (Phi) is 7.35. The van der Waals surface area contributed by atoms with Crippen molar-refractivity contribution >= 4 is 26.1 Å². The van der Waals surface area contributed by atoms with E-state index in [0.717, 1.165) is 11.3 Å². The molecule has 2 aliphatic heterocycles. The van der Waals surface area contributed by atoms with E-state index >= 15 is 0 Å². The molecule has 1 aromatic rings. The summed E-state index contributed by atoms with van der Waals surface area (Å²) in [7, 11) is -1.35. The third-order valence-electron chi connectivity index (χ3n) is 6.02. The predicted octanol–water partition coefficient (Wildman–Crippen LogP) is 4.76. The first-order chi connectivity index (χ1) is 13.7. The molecule has 3 rings (SSSR count). The second kappa shape index (κ2) is 9.41. The SMILES string of the molecule is C=C[C@@H](N)/C=C(/C=C(\C)[C@@H](C)CP(=C)(N1CC1)N1CC1)Cc1ccc(C)c(S)c1. The van der Waals surface area contributed by atoms with Crippen LogP contribution in [0.5, 0.6) is 0 Å². The van der Waals surface area contributed by atoms with E-state index in [0.29, 0.717) is 5.92 Å². The Morgan fingerprint density at radius 3 is 2.41 bits per heavy atom. The molecule has 2 saturated heterocycles. The maximum absolute atomic E-state index is 6.17. The Hall–Kier alpha value is -1.03. The van der Waals surface area contributed by atoms with Gasteiger partial charge in [0.2, 0.25) is 0 Å². The molecule has 2 N–H and O–H groups in total. The summed E-state index contributed by atoms with van der Waals surface area (Å²) in [6.07, 6.45) is 13.0. The van der Waals surface area contributed by atoms with Crippen LogP contribution in [-0.2, 0) is 6.42 Å². The Morgan fingerprint density at radius 2 is 1.90 bits per heavy atom. The number of thiol groups is 1. The molecule has 0 spiro atoms. The van der Waals surface area contributed by atoms with Gasteiger partial charge < -0.3 is 5.73 Å². The van der Waals surface area contributed by atoms with Gasteiger partial charge in [0.1, 0.15) is 0 Å². The summed E-state index contributed by atoms with van der Waals surface area (Å²) >= 11 is 4.59. The zero-order chi connectivity index (χ0) is 21.2. The van der Waals surface area contributed by atoms with E-state index in [1.165, 1.54) is 54.6 Å². The second-order valence-corrected chi connectivity index (χ2v) is 12.3. The van der Waals surface area contributed by atoms with Crippen LogP contribution in [0.3, 0.4) is 0 Å². The van der Waals surface area contributed by atoms with E-state index in [1.807, 2.05) is 0 Å². The number of hydrogen-bond acceptors (Lipinski definition) is 4. The van der Waals surface area contributed by atoms with Crippen LogP contribution in [-0.4, -0.2) is 54.0 Å². The van der Waals surface area contributed by atoms with Crippen LogP contribution >= 0.6 is 19.8 Å². The Morgan fingerprint density at radius 1 is 1.28 bits per heavy atom. The summed E-state index contributed by atoms with van der Waals surface area (Å²) < 4.78 is 5.21. The van der Waals surface area contributed by atoms with E-state index in [2.05, 4.69) is 79.7 Å². The average molecular weight is 430 g/mol. The summed E-state index contributed by atoms with van der Waals surface area (Å²) in [5.41, 5.74) is 11.3. The highest BCUT2D eigenvalue weighted by atomic mass is 32.1. The molecule has 29 heavy (non-hydrogen) atoms. The molecule has 0 bridgehead atoms. The van der Waals surface area contributed by atoms with Crippen molar-refractivity contribution in [3.63, 3.8) is 0 Å². The molecule has 0 aromatic heterocycles. The molecule has 2 atom stereocenters. The molecule has 2 aliphatic rings. The summed E-state index contributed by atoms with van der Waals surface area (Å²) in [6, 6.07) is 6.34. The molecular weight excluding hydrogens is 393 g/mol. The van der Waals surface area contributed by atoms with Gasteiger partial charge in [-0.05, 0) is 55.1 Å². The lowest BCUT2D eigenvalue weighted by Crippen LogP contribution is -2.16. The summed E-state index contributed by atoms with van der Waals surface area (Å²) in [5.74, 6) is 0.504. The highest BCUT2D eigenvalue weighted by Crippen LogP contribution is 2.61. The molecule has 0 saturated carbocycles. The lowest BCUT2D eigenvalue weighted by atomic mass is 9.96. The first-order valence-corrected chi connectivity index (χ1v) is 13.0. The minimum absolute atomic E-state index is 0.139. The van der Waals surface area contributed by atoms with Crippen LogP contribution in [0.2, 0.25) is 0 Å². The van der Waals surface area contributed by atoms with E-state index in [9.17, 15) is 0 Å². The van der Waals surface area contributed by atoms with E-state index < -0.39 is 7.19 Å². The van der Waals surface area contributed by atoms with Gasteiger partial charge in [-0.15, -0.1) is 19.2 Å². The highest BCUT2D eigenvalue weighted by Gasteiger charge is 2.41. The molecule has 2 fully saturated rings. The van der Waals surface area contributed by atoms with Crippen LogP contribution in [0.15, 0.2) is 59.0 Å². The molecule has 0 aliphatic carbocycles. The Labute approximate surface area is 182 Å². The number of nitrogens with two attached hydrogens (primary N) is 1. The van der Waals surface area contributed by atoms with Crippen molar-refractivity contribution in [2.75, 3.05) is 32.3 Å². The number of aryl methyl sites for hydroxylation is 1. The van der Waals surface area contributed by atoms with Gasteiger partial charge in [-0.25, -0.2) is 0 Å². The lowest BCUT2D eigenvalue weighted by Gasteiger charge is -2.30. The molecule has 158 valence electrons. The number of rotatable bonds is 10. The van der Waals surface area contributed by atoms with Crippen molar-refractivity contribution in [1.29, 1.82) is 0 Å². The maximum atomic E-state index is 6.17. The lowest BCUT2D eigenvalue weighted by molar-refractivity contribution is 0.712.